The zero-order valence-electron chi connectivity index (χ0n) is 18.9. The number of aryl methyl sites for hydroxylation is 1. The number of carbonyl (C=O) groups is 1. The SMILES string of the molecule is CCCCc1cc(C(=O)OC)cc(OCc2ccc(-c3ccccc3-c3nn[nH]n3)cc2F)n1. The largest absolute Gasteiger partial charge is 0.473 e. The van der Waals surface area contributed by atoms with Crippen LogP contribution in [0.3, 0.4) is 0 Å². The van der Waals surface area contributed by atoms with Crippen LogP contribution in [0, 0.1) is 5.82 Å². The molecule has 9 heteroatoms. The predicted molar refractivity (Wildman–Crippen MR) is 124 cm³/mol. The van der Waals surface area contributed by atoms with Crippen LogP contribution in [0.2, 0.25) is 0 Å². The van der Waals surface area contributed by atoms with Crippen LogP contribution in [0.25, 0.3) is 22.5 Å². The van der Waals surface area contributed by atoms with Crippen molar-refractivity contribution in [3.05, 3.63) is 77.2 Å². The number of aromatic nitrogens is 5. The Hall–Kier alpha value is -4.14. The molecule has 0 saturated heterocycles. The lowest BCUT2D eigenvalue weighted by atomic mass is 9.98. The van der Waals surface area contributed by atoms with Crippen LogP contribution < -0.4 is 4.74 Å². The summed E-state index contributed by atoms with van der Waals surface area (Å²) >= 11 is 0. The summed E-state index contributed by atoms with van der Waals surface area (Å²) in [5.74, 6) is -0.213. The van der Waals surface area contributed by atoms with Crippen LogP contribution in [0.4, 0.5) is 4.39 Å². The average molecular weight is 461 g/mol. The van der Waals surface area contributed by atoms with Crippen LogP contribution in [-0.2, 0) is 17.8 Å². The summed E-state index contributed by atoms with van der Waals surface area (Å²) in [4.78, 5) is 16.5. The number of methoxy groups -OCH3 is 1. The topological polar surface area (TPSA) is 103 Å². The quantitative estimate of drug-likeness (QED) is 0.358. The molecular weight excluding hydrogens is 437 g/mol. The molecule has 0 bridgehead atoms. The lowest BCUT2D eigenvalue weighted by Crippen LogP contribution is -2.07. The van der Waals surface area contributed by atoms with Gasteiger partial charge in [-0.3, -0.25) is 0 Å². The van der Waals surface area contributed by atoms with Gasteiger partial charge in [-0.15, -0.1) is 10.2 Å². The maximum absolute atomic E-state index is 15.0. The fourth-order valence-corrected chi connectivity index (χ4v) is 3.55. The van der Waals surface area contributed by atoms with Crippen molar-refractivity contribution in [1.29, 1.82) is 0 Å². The van der Waals surface area contributed by atoms with Gasteiger partial charge in [-0.2, -0.15) is 5.21 Å². The van der Waals surface area contributed by atoms with E-state index in [0.717, 1.165) is 29.7 Å². The van der Waals surface area contributed by atoms with Crippen molar-refractivity contribution >= 4 is 5.97 Å². The number of pyridine rings is 1. The van der Waals surface area contributed by atoms with Gasteiger partial charge < -0.3 is 9.47 Å². The van der Waals surface area contributed by atoms with Gasteiger partial charge in [0.1, 0.15) is 12.4 Å². The molecule has 0 unspecified atom stereocenters. The summed E-state index contributed by atoms with van der Waals surface area (Å²) in [7, 11) is 1.32. The van der Waals surface area contributed by atoms with E-state index >= 15 is 0 Å². The van der Waals surface area contributed by atoms with E-state index in [1.807, 2.05) is 30.3 Å². The third-order valence-corrected chi connectivity index (χ3v) is 5.32. The second-order valence-electron chi connectivity index (χ2n) is 7.66. The Balaban J connectivity index is 1.55. The van der Waals surface area contributed by atoms with Crippen LogP contribution in [-0.4, -0.2) is 38.7 Å². The second-order valence-corrected chi connectivity index (χ2v) is 7.66. The summed E-state index contributed by atoms with van der Waals surface area (Å²) < 4.78 is 25.6. The molecule has 2 heterocycles. The molecule has 1 N–H and O–H groups in total. The molecule has 0 aliphatic heterocycles. The molecule has 34 heavy (non-hydrogen) atoms. The van der Waals surface area contributed by atoms with Crippen LogP contribution >= 0.6 is 0 Å². The van der Waals surface area contributed by atoms with Gasteiger partial charge in [0.2, 0.25) is 11.7 Å². The molecule has 2 aromatic carbocycles. The summed E-state index contributed by atoms with van der Waals surface area (Å²) in [5, 5.41) is 14.1. The first-order valence-electron chi connectivity index (χ1n) is 10.9. The number of nitrogens with zero attached hydrogens (tertiary/aromatic N) is 4. The van der Waals surface area contributed by atoms with Crippen molar-refractivity contribution in [2.45, 2.75) is 32.8 Å². The van der Waals surface area contributed by atoms with E-state index in [-0.39, 0.29) is 12.5 Å². The van der Waals surface area contributed by atoms with Crippen molar-refractivity contribution in [2.24, 2.45) is 0 Å². The zero-order valence-corrected chi connectivity index (χ0v) is 18.9. The Bertz CT molecular complexity index is 1280. The van der Waals surface area contributed by atoms with E-state index < -0.39 is 11.8 Å². The number of halogens is 1. The predicted octanol–water partition coefficient (Wildman–Crippen LogP) is 4.78. The normalized spacial score (nSPS) is 10.8. The molecule has 0 saturated carbocycles. The van der Waals surface area contributed by atoms with E-state index in [9.17, 15) is 9.18 Å². The number of ether oxygens (including phenoxy) is 2. The van der Waals surface area contributed by atoms with Gasteiger partial charge in [0.25, 0.3) is 0 Å². The minimum Gasteiger partial charge on any atom is -0.473 e. The highest BCUT2D eigenvalue weighted by Gasteiger charge is 2.14. The Morgan fingerprint density at radius 2 is 1.91 bits per heavy atom. The summed E-state index contributed by atoms with van der Waals surface area (Å²) in [6.45, 7) is 2.04. The lowest BCUT2D eigenvalue weighted by molar-refractivity contribution is 0.0599. The number of nitrogens with one attached hydrogen (secondary N) is 1. The second kappa shape index (κ2) is 10.7. The third kappa shape index (κ3) is 5.25. The number of H-pyrrole nitrogens is 1. The molecule has 0 spiro atoms. The van der Waals surface area contributed by atoms with E-state index in [0.29, 0.717) is 28.9 Å². The van der Waals surface area contributed by atoms with Gasteiger partial charge in [-0.05, 0) is 41.3 Å². The number of benzene rings is 2. The highest BCUT2D eigenvalue weighted by molar-refractivity contribution is 5.89. The van der Waals surface area contributed by atoms with E-state index in [1.165, 1.54) is 19.2 Å². The molecule has 0 aliphatic rings. The monoisotopic (exact) mass is 461 g/mol. The Kier molecular flexibility index (Phi) is 7.22. The maximum Gasteiger partial charge on any atom is 0.338 e. The Labute approximate surface area is 196 Å². The standard InChI is InChI=1S/C25H24FN5O3/c1-3-4-7-19-12-18(25(32)33-2)14-23(27-19)34-15-17-11-10-16(13-22(17)26)20-8-5-6-9-21(20)24-28-30-31-29-24/h5-6,8-14H,3-4,7,15H2,1-2H3,(H,28,29,30,31). The van der Waals surface area contributed by atoms with Crippen LogP contribution in [0.1, 0.15) is 41.4 Å². The number of carbonyl (C=O) groups excluding carboxylic acids is 1. The van der Waals surface area contributed by atoms with Crippen molar-refractivity contribution in [3.8, 4) is 28.4 Å². The Morgan fingerprint density at radius 3 is 2.62 bits per heavy atom. The number of esters is 1. The Morgan fingerprint density at radius 1 is 1.09 bits per heavy atom. The first-order chi connectivity index (χ1) is 16.6. The van der Waals surface area contributed by atoms with Gasteiger partial charge in [-0.25, -0.2) is 14.2 Å². The molecular formula is C25H24FN5O3. The van der Waals surface area contributed by atoms with E-state index in [2.05, 4.69) is 32.5 Å². The molecule has 8 nitrogen and oxygen atoms in total. The van der Waals surface area contributed by atoms with Crippen molar-refractivity contribution in [3.63, 3.8) is 0 Å². The van der Waals surface area contributed by atoms with Gasteiger partial charge in [0.05, 0.1) is 12.7 Å². The number of hydrogen-bond acceptors (Lipinski definition) is 7. The maximum atomic E-state index is 15.0. The smallest absolute Gasteiger partial charge is 0.338 e. The summed E-state index contributed by atoms with van der Waals surface area (Å²) in [5.41, 5.74) is 3.64. The number of hydrogen-bond donors (Lipinski definition) is 1. The minimum absolute atomic E-state index is 0.0382. The number of unbranched alkanes of at least 4 members (excludes halogenated alkanes) is 1. The molecule has 0 atom stereocenters. The van der Waals surface area contributed by atoms with Gasteiger partial charge >= 0.3 is 5.97 Å². The summed E-state index contributed by atoms with van der Waals surface area (Å²) in [6.07, 6.45) is 2.63. The van der Waals surface area contributed by atoms with Crippen molar-refractivity contribution in [1.82, 2.24) is 25.6 Å². The third-order valence-electron chi connectivity index (χ3n) is 5.32. The number of aromatic amines is 1. The van der Waals surface area contributed by atoms with E-state index in [4.69, 9.17) is 9.47 Å². The lowest BCUT2D eigenvalue weighted by Gasteiger charge is -2.12. The fourth-order valence-electron chi connectivity index (χ4n) is 3.55. The molecule has 0 aliphatic carbocycles. The molecule has 2 aromatic heterocycles. The highest BCUT2D eigenvalue weighted by atomic mass is 19.1. The van der Waals surface area contributed by atoms with Gasteiger partial charge in [0.15, 0.2) is 0 Å². The zero-order chi connectivity index (χ0) is 23.9. The van der Waals surface area contributed by atoms with Gasteiger partial charge in [-0.1, -0.05) is 49.7 Å². The summed E-state index contributed by atoms with van der Waals surface area (Å²) in [6, 6.07) is 15.6. The first kappa shape index (κ1) is 23.0. The fraction of sp³-hybridized carbons (Fsp3) is 0.240. The molecule has 0 radical (unpaired) electrons. The van der Waals surface area contributed by atoms with Crippen LogP contribution in [0.15, 0.2) is 54.6 Å². The number of tetrazole rings is 1. The average Bonchev–Trinajstić information content (AvgIpc) is 3.41. The molecule has 0 amide bonds. The van der Waals surface area contributed by atoms with Crippen LogP contribution in [0.5, 0.6) is 5.88 Å². The molecule has 174 valence electrons. The minimum atomic E-state index is -0.471. The number of rotatable bonds is 9. The molecule has 4 rings (SSSR count). The van der Waals surface area contributed by atoms with E-state index in [1.54, 1.807) is 12.1 Å². The molecule has 4 aromatic rings. The highest BCUT2D eigenvalue weighted by Crippen LogP contribution is 2.31. The van der Waals surface area contributed by atoms with Crippen molar-refractivity contribution < 1.29 is 18.7 Å². The van der Waals surface area contributed by atoms with Gasteiger partial charge in [0, 0.05) is 22.9 Å². The first-order valence-corrected chi connectivity index (χ1v) is 10.9. The molecule has 0 fully saturated rings. The van der Waals surface area contributed by atoms with Crippen molar-refractivity contribution in [2.75, 3.05) is 7.11 Å².